The predicted octanol–water partition coefficient (Wildman–Crippen LogP) is -0.333. The molecule has 0 saturated heterocycles. The van der Waals surface area contributed by atoms with E-state index in [4.69, 9.17) is 4.55 Å². The summed E-state index contributed by atoms with van der Waals surface area (Å²) in [5, 5.41) is -0.675. The second-order valence-electron chi connectivity index (χ2n) is 2.39. The maximum Gasteiger partial charge on any atom is 0.330 e. The van der Waals surface area contributed by atoms with Crippen LogP contribution in [0.25, 0.3) is 11.2 Å². The van der Waals surface area contributed by atoms with Crippen LogP contribution in [0.2, 0.25) is 0 Å². The highest BCUT2D eigenvalue weighted by Crippen LogP contribution is 2.06. The van der Waals surface area contributed by atoms with Crippen molar-refractivity contribution in [2.45, 2.75) is 5.16 Å². The van der Waals surface area contributed by atoms with Crippen molar-refractivity contribution in [3.8, 4) is 0 Å². The minimum Gasteiger partial charge on any atom is -0.279 e. The fourth-order valence-electron chi connectivity index (χ4n) is 0.879. The summed E-state index contributed by atoms with van der Waals surface area (Å²) < 4.78 is 30.0. The highest BCUT2D eigenvalue weighted by molar-refractivity contribution is 7.85. The van der Waals surface area contributed by atoms with E-state index in [1.54, 1.807) is 0 Å². The quantitative estimate of drug-likeness (QED) is 0.509. The molecule has 0 fully saturated rings. The molecule has 0 unspecified atom stereocenters. The van der Waals surface area contributed by atoms with Crippen molar-refractivity contribution in [2.24, 2.45) is 0 Å². The maximum atomic E-state index is 10.7. The largest absolute Gasteiger partial charge is 0.330 e. The highest BCUT2D eigenvalue weighted by atomic mass is 32.2. The van der Waals surface area contributed by atoms with E-state index < -0.39 is 15.3 Å². The van der Waals surface area contributed by atoms with Crippen molar-refractivity contribution in [3.63, 3.8) is 0 Å². The molecule has 0 radical (unpaired) electrons. The van der Waals surface area contributed by atoms with Crippen LogP contribution in [0.15, 0.2) is 23.7 Å². The minimum atomic E-state index is -4.38. The van der Waals surface area contributed by atoms with Gasteiger partial charge in [-0.05, 0) is 0 Å². The van der Waals surface area contributed by atoms with Gasteiger partial charge < -0.3 is 0 Å². The number of hydrogen-bond donors (Lipinski definition) is 1. The van der Waals surface area contributed by atoms with Crippen LogP contribution in [-0.4, -0.2) is 32.9 Å². The molecule has 0 amide bonds. The average molecular weight is 212 g/mol. The van der Waals surface area contributed by atoms with Crippen LogP contribution in [0.3, 0.4) is 0 Å². The normalized spacial score (nSPS) is 11.8. The SMILES string of the molecule is O=S(=O)(O)c1ncc2nccnc2n1. The van der Waals surface area contributed by atoms with Crippen molar-refractivity contribution in [1.82, 2.24) is 19.9 Å². The van der Waals surface area contributed by atoms with Gasteiger partial charge in [0.15, 0.2) is 5.65 Å². The Hall–Kier alpha value is -1.67. The summed E-state index contributed by atoms with van der Waals surface area (Å²) in [6.07, 6.45) is 3.97. The Morgan fingerprint density at radius 3 is 2.57 bits per heavy atom. The predicted molar refractivity (Wildman–Crippen MR) is 44.9 cm³/mol. The molecular weight excluding hydrogens is 208 g/mol. The molecule has 1 N–H and O–H groups in total. The first-order valence-electron chi connectivity index (χ1n) is 3.48. The van der Waals surface area contributed by atoms with Gasteiger partial charge in [-0.1, -0.05) is 0 Å². The molecule has 0 aliphatic rings. The Balaban J connectivity index is 2.75. The molecule has 0 aliphatic carbocycles. The van der Waals surface area contributed by atoms with Gasteiger partial charge in [-0.2, -0.15) is 13.4 Å². The van der Waals surface area contributed by atoms with Gasteiger partial charge in [0, 0.05) is 12.4 Å². The number of nitrogens with zero attached hydrogens (tertiary/aromatic N) is 4. The van der Waals surface area contributed by atoms with Crippen LogP contribution in [0.5, 0.6) is 0 Å². The second kappa shape index (κ2) is 2.93. The molecule has 2 aromatic rings. The third-order valence-corrected chi connectivity index (χ3v) is 2.09. The molecule has 0 aromatic carbocycles. The van der Waals surface area contributed by atoms with Gasteiger partial charge in [0.1, 0.15) is 5.52 Å². The standard InChI is InChI=1S/C6H4N4O3S/c11-14(12,13)6-9-3-4-5(10-6)8-2-1-7-4/h1-3H,(H,11,12,13). The third-order valence-electron chi connectivity index (χ3n) is 1.44. The van der Waals surface area contributed by atoms with E-state index in [-0.39, 0.29) is 5.65 Å². The van der Waals surface area contributed by atoms with E-state index in [9.17, 15) is 8.42 Å². The van der Waals surface area contributed by atoms with Crippen LogP contribution < -0.4 is 0 Å². The summed E-state index contributed by atoms with van der Waals surface area (Å²) in [5.41, 5.74) is 0.482. The van der Waals surface area contributed by atoms with Crippen molar-refractivity contribution in [2.75, 3.05) is 0 Å². The van der Waals surface area contributed by atoms with Gasteiger partial charge in [0.25, 0.3) is 5.16 Å². The van der Waals surface area contributed by atoms with Gasteiger partial charge >= 0.3 is 10.1 Å². The molecule has 8 heteroatoms. The number of rotatable bonds is 1. The zero-order chi connectivity index (χ0) is 10.2. The van der Waals surface area contributed by atoms with E-state index in [1.807, 2.05) is 0 Å². The molecule has 2 heterocycles. The summed E-state index contributed by atoms with van der Waals surface area (Å²) >= 11 is 0. The molecule has 0 spiro atoms. The highest BCUT2D eigenvalue weighted by Gasteiger charge is 2.14. The first kappa shape index (κ1) is 8.91. The lowest BCUT2D eigenvalue weighted by atomic mass is 10.5. The lowest BCUT2D eigenvalue weighted by Gasteiger charge is -1.96. The Kier molecular flexibility index (Phi) is 1.86. The van der Waals surface area contributed by atoms with Crippen LogP contribution in [0, 0.1) is 0 Å². The van der Waals surface area contributed by atoms with Crippen molar-refractivity contribution in [3.05, 3.63) is 18.6 Å². The number of fused-ring (bicyclic) bond motifs is 1. The van der Waals surface area contributed by atoms with Gasteiger partial charge in [-0.3, -0.25) is 4.55 Å². The molecule has 72 valence electrons. The van der Waals surface area contributed by atoms with Crippen LogP contribution in [-0.2, 0) is 10.1 Å². The van der Waals surface area contributed by atoms with Crippen LogP contribution >= 0.6 is 0 Å². The van der Waals surface area contributed by atoms with E-state index in [0.717, 1.165) is 0 Å². The summed E-state index contributed by atoms with van der Waals surface area (Å²) in [5.74, 6) is 0. The third kappa shape index (κ3) is 1.52. The topological polar surface area (TPSA) is 106 Å². The molecule has 2 aromatic heterocycles. The molecule has 0 bridgehead atoms. The van der Waals surface area contributed by atoms with Crippen LogP contribution in [0.4, 0.5) is 0 Å². The summed E-state index contributed by atoms with van der Waals surface area (Å²) in [7, 11) is -4.38. The van der Waals surface area contributed by atoms with E-state index in [0.29, 0.717) is 5.52 Å². The molecule has 14 heavy (non-hydrogen) atoms. The Bertz CT molecular complexity index is 582. The van der Waals surface area contributed by atoms with Crippen LogP contribution in [0.1, 0.15) is 0 Å². The van der Waals surface area contributed by atoms with Crippen molar-refractivity contribution in [1.29, 1.82) is 0 Å². The maximum absolute atomic E-state index is 10.7. The first-order chi connectivity index (χ1) is 6.57. The van der Waals surface area contributed by atoms with E-state index in [2.05, 4.69) is 19.9 Å². The van der Waals surface area contributed by atoms with Gasteiger partial charge in [-0.25, -0.2) is 15.0 Å². The fraction of sp³-hybridized carbons (Fsp3) is 0. The minimum absolute atomic E-state index is 0.120. The molecule has 7 nitrogen and oxygen atoms in total. The van der Waals surface area contributed by atoms with Crippen molar-refractivity contribution >= 4 is 21.3 Å². The molecule has 0 saturated carbocycles. The number of hydrogen-bond acceptors (Lipinski definition) is 6. The van der Waals surface area contributed by atoms with Gasteiger partial charge in [0.2, 0.25) is 0 Å². The Labute approximate surface area is 78.6 Å². The lowest BCUT2D eigenvalue weighted by molar-refractivity contribution is 0.474. The summed E-state index contributed by atoms with van der Waals surface area (Å²) in [4.78, 5) is 14.6. The zero-order valence-corrected chi connectivity index (χ0v) is 7.51. The second-order valence-corrected chi connectivity index (χ2v) is 3.71. The summed E-state index contributed by atoms with van der Waals surface area (Å²) in [6, 6.07) is 0. The average Bonchev–Trinajstić information content (AvgIpc) is 2.16. The van der Waals surface area contributed by atoms with Gasteiger partial charge in [0.05, 0.1) is 6.20 Å². The zero-order valence-electron chi connectivity index (χ0n) is 6.69. The molecule has 2 rings (SSSR count). The molecular formula is C6H4N4O3S. The number of aromatic nitrogens is 4. The van der Waals surface area contributed by atoms with Gasteiger partial charge in [-0.15, -0.1) is 0 Å². The van der Waals surface area contributed by atoms with E-state index >= 15 is 0 Å². The Morgan fingerprint density at radius 2 is 1.86 bits per heavy atom. The molecule has 0 aliphatic heterocycles. The Morgan fingerprint density at radius 1 is 1.14 bits per heavy atom. The molecule has 0 atom stereocenters. The van der Waals surface area contributed by atoms with E-state index in [1.165, 1.54) is 18.6 Å². The lowest BCUT2D eigenvalue weighted by Crippen LogP contribution is -2.05. The first-order valence-corrected chi connectivity index (χ1v) is 4.92. The summed E-state index contributed by atoms with van der Waals surface area (Å²) in [6.45, 7) is 0. The fourth-order valence-corrected chi connectivity index (χ4v) is 1.27. The van der Waals surface area contributed by atoms with Crippen molar-refractivity contribution < 1.29 is 13.0 Å². The smallest absolute Gasteiger partial charge is 0.279 e. The monoisotopic (exact) mass is 212 g/mol.